The van der Waals surface area contributed by atoms with E-state index in [1.54, 1.807) is 6.92 Å². The monoisotopic (exact) mass is 146 g/mol. The minimum atomic E-state index is -0.808. The van der Waals surface area contributed by atoms with Gasteiger partial charge >= 0.3 is 5.97 Å². The minimum absolute atomic E-state index is 0.0764. The third kappa shape index (κ3) is 1.28. The number of hydrogen-bond donors (Lipinski definition) is 1. The summed E-state index contributed by atoms with van der Waals surface area (Å²) in [6.07, 6.45) is 0.132. The number of aliphatic carboxylic acids is 1. The van der Waals surface area contributed by atoms with Gasteiger partial charge in [-0.1, -0.05) is 6.92 Å². The Balaban J connectivity index is 2.31. The van der Waals surface area contributed by atoms with E-state index in [0.717, 1.165) is 0 Å². The second-order valence-electron chi connectivity index (χ2n) is 2.96. The van der Waals surface area contributed by atoms with E-state index in [1.807, 2.05) is 0 Å². The van der Waals surface area contributed by atoms with Crippen LogP contribution in [-0.4, -0.2) is 17.2 Å². The van der Waals surface area contributed by atoms with Crippen molar-refractivity contribution in [3.8, 4) is 0 Å². The van der Waals surface area contributed by atoms with E-state index in [1.165, 1.54) is 0 Å². The van der Waals surface area contributed by atoms with Gasteiger partial charge in [0, 0.05) is 0 Å². The zero-order valence-corrected chi connectivity index (χ0v) is 5.88. The van der Waals surface area contributed by atoms with E-state index in [4.69, 9.17) is 5.11 Å². The topological polar surface area (TPSA) is 37.3 Å². The summed E-state index contributed by atoms with van der Waals surface area (Å²) in [7, 11) is 0. The molecule has 1 saturated carbocycles. The van der Waals surface area contributed by atoms with Crippen molar-refractivity contribution in [2.45, 2.75) is 25.9 Å². The van der Waals surface area contributed by atoms with Gasteiger partial charge in [0.05, 0.1) is 5.92 Å². The first kappa shape index (κ1) is 7.51. The van der Waals surface area contributed by atoms with Crippen LogP contribution in [0.25, 0.3) is 0 Å². The van der Waals surface area contributed by atoms with E-state index < -0.39 is 12.1 Å². The Morgan fingerprint density at radius 2 is 2.20 bits per heavy atom. The summed E-state index contributed by atoms with van der Waals surface area (Å²) < 4.78 is 12.2. The maximum atomic E-state index is 12.2. The molecule has 1 rings (SSSR count). The van der Waals surface area contributed by atoms with Crippen LogP contribution in [0.1, 0.15) is 19.8 Å². The first-order valence-electron chi connectivity index (χ1n) is 3.48. The van der Waals surface area contributed by atoms with E-state index in [9.17, 15) is 9.18 Å². The van der Waals surface area contributed by atoms with Crippen LogP contribution in [0.15, 0.2) is 0 Å². The van der Waals surface area contributed by atoms with Crippen molar-refractivity contribution < 1.29 is 14.3 Å². The molecule has 2 nitrogen and oxygen atoms in total. The molecule has 1 atom stereocenters. The fourth-order valence-electron chi connectivity index (χ4n) is 1.20. The van der Waals surface area contributed by atoms with Gasteiger partial charge in [-0.2, -0.15) is 0 Å². The molecule has 10 heavy (non-hydrogen) atoms. The number of alkyl halides is 1. The lowest BCUT2D eigenvalue weighted by Gasteiger charge is -2.32. The molecular weight excluding hydrogens is 135 g/mol. The highest BCUT2D eigenvalue weighted by atomic mass is 19.1. The minimum Gasteiger partial charge on any atom is -0.481 e. The number of carboxylic acid groups (broad SMARTS) is 1. The molecule has 0 aromatic carbocycles. The van der Waals surface area contributed by atoms with Crippen molar-refractivity contribution >= 4 is 5.97 Å². The Hall–Kier alpha value is -0.600. The smallest absolute Gasteiger partial charge is 0.306 e. The van der Waals surface area contributed by atoms with Crippen molar-refractivity contribution in [2.75, 3.05) is 0 Å². The molecule has 0 unspecified atom stereocenters. The summed E-state index contributed by atoms with van der Waals surface area (Å²) in [6, 6.07) is 0. The van der Waals surface area contributed by atoms with Crippen LogP contribution in [0.2, 0.25) is 0 Å². The van der Waals surface area contributed by atoms with Crippen molar-refractivity contribution in [1.29, 1.82) is 0 Å². The average Bonchev–Trinajstić information content (AvgIpc) is 1.79. The Morgan fingerprint density at radius 3 is 2.50 bits per heavy atom. The molecule has 3 heteroatoms. The number of carbonyl (C=O) groups is 1. The van der Waals surface area contributed by atoms with Crippen molar-refractivity contribution in [3.05, 3.63) is 0 Å². The number of carboxylic acids is 1. The molecule has 58 valence electrons. The Bertz CT molecular complexity index is 141. The molecule has 0 saturated heterocycles. The van der Waals surface area contributed by atoms with Gasteiger partial charge in [-0.15, -0.1) is 0 Å². The Morgan fingerprint density at radius 1 is 1.70 bits per heavy atom. The van der Waals surface area contributed by atoms with Gasteiger partial charge < -0.3 is 5.11 Å². The summed E-state index contributed by atoms with van der Waals surface area (Å²) in [5, 5.41) is 8.48. The van der Waals surface area contributed by atoms with Gasteiger partial charge in [0.15, 0.2) is 0 Å². The molecule has 1 N–H and O–H groups in total. The molecule has 0 bridgehead atoms. The predicted molar refractivity (Wildman–Crippen MR) is 34.4 cm³/mol. The first-order valence-corrected chi connectivity index (χ1v) is 3.48. The fourth-order valence-corrected chi connectivity index (χ4v) is 1.20. The highest BCUT2D eigenvalue weighted by Crippen LogP contribution is 2.35. The normalized spacial score (nSPS) is 34.6. The predicted octanol–water partition coefficient (Wildman–Crippen LogP) is 1.46. The van der Waals surface area contributed by atoms with Crippen LogP contribution in [0, 0.1) is 11.8 Å². The SMILES string of the molecule is C[C@@H](C(=O)O)C1CC(F)C1. The third-order valence-electron chi connectivity index (χ3n) is 2.21. The number of hydrogen-bond acceptors (Lipinski definition) is 1. The maximum absolute atomic E-state index is 12.2. The highest BCUT2D eigenvalue weighted by molar-refractivity contribution is 5.70. The molecular formula is C7H11FO2. The molecule has 0 aliphatic heterocycles. The van der Waals surface area contributed by atoms with Gasteiger partial charge in [0.1, 0.15) is 6.17 Å². The summed E-state index contributed by atoms with van der Waals surface area (Å²) in [6.45, 7) is 1.64. The first-order chi connectivity index (χ1) is 4.61. The molecule has 0 aromatic rings. The lowest BCUT2D eigenvalue weighted by molar-refractivity contribution is -0.144. The van der Waals surface area contributed by atoms with E-state index in [0.29, 0.717) is 12.8 Å². The van der Waals surface area contributed by atoms with Crippen molar-refractivity contribution in [2.24, 2.45) is 11.8 Å². The molecule has 0 heterocycles. The van der Waals surface area contributed by atoms with Crippen molar-refractivity contribution in [1.82, 2.24) is 0 Å². The van der Waals surface area contributed by atoms with Crippen LogP contribution in [0.3, 0.4) is 0 Å². The Kier molecular flexibility index (Phi) is 1.92. The lowest BCUT2D eigenvalue weighted by atomic mass is 9.75. The third-order valence-corrected chi connectivity index (χ3v) is 2.21. The summed E-state index contributed by atoms with van der Waals surface area (Å²) in [5.74, 6) is -1.10. The van der Waals surface area contributed by atoms with E-state index in [2.05, 4.69) is 0 Å². The standard InChI is InChI=1S/C7H11FO2/c1-4(7(9)10)5-2-6(8)3-5/h4-6H,2-3H2,1H3,(H,9,10)/t4-,5?,6?/m1/s1. The summed E-state index contributed by atoms with van der Waals surface area (Å²) >= 11 is 0. The fraction of sp³-hybridized carbons (Fsp3) is 0.857. The van der Waals surface area contributed by atoms with Gasteiger partial charge in [-0.05, 0) is 18.8 Å². The average molecular weight is 146 g/mol. The van der Waals surface area contributed by atoms with Crippen LogP contribution < -0.4 is 0 Å². The highest BCUT2D eigenvalue weighted by Gasteiger charge is 2.35. The van der Waals surface area contributed by atoms with E-state index >= 15 is 0 Å². The van der Waals surface area contributed by atoms with Crippen LogP contribution in [0.5, 0.6) is 0 Å². The largest absolute Gasteiger partial charge is 0.481 e. The Labute approximate surface area is 59.0 Å². The lowest BCUT2D eigenvalue weighted by Crippen LogP contribution is -2.33. The number of halogens is 1. The molecule has 0 aromatic heterocycles. The molecule has 1 aliphatic rings. The van der Waals surface area contributed by atoms with E-state index in [-0.39, 0.29) is 11.8 Å². The molecule has 1 fully saturated rings. The van der Waals surface area contributed by atoms with Crippen LogP contribution >= 0.6 is 0 Å². The zero-order chi connectivity index (χ0) is 7.72. The van der Waals surface area contributed by atoms with Gasteiger partial charge in [-0.25, -0.2) is 4.39 Å². The second kappa shape index (κ2) is 2.56. The van der Waals surface area contributed by atoms with Crippen molar-refractivity contribution in [3.63, 3.8) is 0 Å². The molecule has 0 amide bonds. The maximum Gasteiger partial charge on any atom is 0.306 e. The molecule has 0 radical (unpaired) electrons. The molecule has 0 spiro atoms. The molecule has 1 aliphatic carbocycles. The van der Waals surface area contributed by atoms with Gasteiger partial charge in [0.2, 0.25) is 0 Å². The summed E-state index contributed by atoms with van der Waals surface area (Å²) in [4.78, 5) is 10.3. The quantitative estimate of drug-likeness (QED) is 0.640. The zero-order valence-electron chi connectivity index (χ0n) is 5.88. The van der Waals surface area contributed by atoms with Crippen LogP contribution in [0.4, 0.5) is 4.39 Å². The van der Waals surface area contributed by atoms with Gasteiger partial charge in [-0.3, -0.25) is 4.79 Å². The van der Waals surface area contributed by atoms with Crippen LogP contribution in [-0.2, 0) is 4.79 Å². The number of rotatable bonds is 2. The second-order valence-corrected chi connectivity index (χ2v) is 2.96. The summed E-state index contributed by atoms with van der Waals surface area (Å²) in [5.41, 5.74) is 0. The van der Waals surface area contributed by atoms with Gasteiger partial charge in [0.25, 0.3) is 0 Å².